The highest BCUT2D eigenvalue weighted by atomic mass is 16.6. The highest BCUT2D eigenvalue weighted by Gasteiger charge is 2.11. The number of nitrogens with zero attached hydrogens (tertiary/aromatic N) is 3. The molecule has 24 heavy (non-hydrogen) atoms. The van der Waals surface area contributed by atoms with Gasteiger partial charge in [-0.15, -0.1) is 0 Å². The SMILES string of the molecule is Cc1cc(C(CO)CCO)ccc1N=Nc1ccc([N+](=O)[O-])cc1. The number of aryl methyl sites for hydroxylation is 1. The van der Waals surface area contributed by atoms with Crippen molar-refractivity contribution in [3.8, 4) is 0 Å². The summed E-state index contributed by atoms with van der Waals surface area (Å²) in [6.45, 7) is 1.89. The van der Waals surface area contributed by atoms with Crippen LogP contribution in [-0.2, 0) is 0 Å². The van der Waals surface area contributed by atoms with E-state index in [9.17, 15) is 15.2 Å². The maximum atomic E-state index is 10.6. The van der Waals surface area contributed by atoms with Gasteiger partial charge in [0.1, 0.15) is 0 Å². The van der Waals surface area contributed by atoms with Crippen molar-refractivity contribution in [3.63, 3.8) is 0 Å². The Morgan fingerprint density at radius 3 is 2.38 bits per heavy atom. The molecule has 0 saturated heterocycles. The topological polar surface area (TPSA) is 108 Å². The van der Waals surface area contributed by atoms with Crippen LogP contribution in [0.25, 0.3) is 0 Å². The molecule has 0 aliphatic carbocycles. The number of hydrogen-bond donors (Lipinski definition) is 2. The summed E-state index contributed by atoms with van der Waals surface area (Å²) in [5.74, 6) is -0.102. The molecule has 0 aliphatic rings. The van der Waals surface area contributed by atoms with Gasteiger partial charge in [0, 0.05) is 24.7 Å². The van der Waals surface area contributed by atoms with Crippen LogP contribution in [0.15, 0.2) is 52.7 Å². The number of rotatable bonds is 7. The van der Waals surface area contributed by atoms with Crippen molar-refractivity contribution >= 4 is 17.1 Å². The maximum absolute atomic E-state index is 10.6. The molecular formula is C17H19N3O4. The third kappa shape index (κ3) is 4.43. The molecule has 2 N–H and O–H groups in total. The van der Waals surface area contributed by atoms with Crippen LogP contribution in [0.2, 0.25) is 0 Å². The Kier molecular flexibility index (Phi) is 6.11. The zero-order valence-electron chi connectivity index (χ0n) is 13.3. The fourth-order valence-electron chi connectivity index (χ4n) is 2.32. The van der Waals surface area contributed by atoms with Crippen LogP contribution in [0.5, 0.6) is 0 Å². The molecule has 0 amide bonds. The fourth-order valence-corrected chi connectivity index (χ4v) is 2.32. The van der Waals surface area contributed by atoms with Gasteiger partial charge in [-0.05, 0) is 42.7 Å². The molecule has 7 nitrogen and oxygen atoms in total. The summed E-state index contributed by atoms with van der Waals surface area (Å²) >= 11 is 0. The Morgan fingerprint density at radius 2 is 1.83 bits per heavy atom. The minimum atomic E-state index is -0.465. The van der Waals surface area contributed by atoms with Crippen molar-refractivity contribution in [2.24, 2.45) is 10.2 Å². The first-order valence-corrected chi connectivity index (χ1v) is 7.53. The molecule has 2 aromatic rings. The monoisotopic (exact) mass is 329 g/mol. The summed E-state index contributed by atoms with van der Waals surface area (Å²) in [5, 5.41) is 37.3. The van der Waals surface area contributed by atoms with Crippen LogP contribution in [0.4, 0.5) is 17.1 Å². The molecule has 0 aromatic heterocycles. The lowest BCUT2D eigenvalue weighted by molar-refractivity contribution is -0.384. The Balaban J connectivity index is 2.16. The van der Waals surface area contributed by atoms with Gasteiger partial charge in [0.15, 0.2) is 0 Å². The quantitative estimate of drug-likeness (QED) is 0.458. The van der Waals surface area contributed by atoms with E-state index in [4.69, 9.17) is 5.11 Å². The van der Waals surface area contributed by atoms with Gasteiger partial charge >= 0.3 is 0 Å². The van der Waals surface area contributed by atoms with Gasteiger partial charge < -0.3 is 10.2 Å². The van der Waals surface area contributed by atoms with E-state index in [-0.39, 0.29) is 24.8 Å². The number of azo groups is 1. The number of hydrogen-bond acceptors (Lipinski definition) is 6. The minimum absolute atomic E-state index is 0.00779. The first kappa shape index (κ1) is 17.7. The van der Waals surface area contributed by atoms with E-state index in [1.165, 1.54) is 24.3 Å². The summed E-state index contributed by atoms with van der Waals surface area (Å²) in [7, 11) is 0. The van der Waals surface area contributed by atoms with Crippen molar-refractivity contribution in [2.45, 2.75) is 19.3 Å². The van der Waals surface area contributed by atoms with E-state index < -0.39 is 4.92 Å². The van der Waals surface area contributed by atoms with E-state index in [2.05, 4.69) is 10.2 Å². The average molecular weight is 329 g/mol. The van der Waals surface area contributed by atoms with E-state index in [1.807, 2.05) is 19.1 Å². The zero-order chi connectivity index (χ0) is 17.5. The molecule has 0 spiro atoms. The highest BCUT2D eigenvalue weighted by molar-refractivity contribution is 5.49. The average Bonchev–Trinajstić information content (AvgIpc) is 2.59. The molecule has 1 atom stereocenters. The van der Waals surface area contributed by atoms with Crippen molar-refractivity contribution < 1.29 is 15.1 Å². The maximum Gasteiger partial charge on any atom is 0.269 e. The van der Waals surface area contributed by atoms with Crippen LogP contribution in [0.1, 0.15) is 23.5 Å². The molecule has 0 aliphatic heterocycles. The van der Waals surface area contributed by atoms with Crippen LogP contribution in [-0.4, -0.2) is 28.4 Å². The van der Waals surface area contributed by atoms with Crippen LogP contribution in [0.3, 0.4) is 0 Å². The molecule has 0 bridgehead atoms. The molecule has 126 valence electrons. The molecule has 0 fully saturated rings. The van der Waals surface area contributed by atoms with Crippen molar-refractivity contribution in [3.05, 3.63) is 63.7 Å². The summed E-state index contributed by atoms with van der Waals surface area (Å²) in [4.78, 5) is 10.1. The molecule has 2 rings (SSSR count). The van der Waals surface area contributed by atoms with Gasteiger partial charge in [-0.3, -0.25) is 10.1 Å². The summed E-state index contributed by atoms with van der Waals surface area (Å²) in [6.07, 6.45) is 0.500. The first-order valence-electron chi connectivity index (χ1n) is 7.53. The van der Waals surface area contributed by atoms with Crippen LogP contribution >= 0.6 is 0 Å². The molecule has 0 heterocycles. The minimum Gasteiger partial charge on any atom is -0.396 e. The molecule has 0 saturated carbocycles. The first-order chi connectivity index (χ1) is 11.5. The number of non-ortho nitro benzene ring substituents is 1. The second-order valence-electron chi connectivity index (χ2n) is 5.41. The summed E-state index contributed by atoms with van der Waals surface area (Å²) < 4.78 is 0. The van der Waals surface area contributed by atoms with Gasteiger partial charge in [-0.25, -0.2) is 0 Å². The molecule has 2 aromatic carbocycles. The van der Waals surface area contributed by atoms with Crippen molar-refractivity contribution in [1.82, 2.24) is 0 Å². The molecule has 0 radical (unpaired) electrons. The Labute approximate surface area is 139 Å². The van der Waals surface area contributed by atoms with E-state index in [0.717, 1.165) is 11.1 Å². The number of nitro benzene ring substituents is 1. The predicted octanol–water partition coefficient (Wildman–Crippen LogP) is 3.78. The normalized spacial score (nSPS) is 12.5. The lowest BCUT2D eigenvalue weighted by Gasteiger charge is -2.14. The van der Waals surface area contributed by atoms with Gasteiger partial charge in [0.2, 0.25) is 0 Å². The number of benzene rings is 2. The lowest BCUT2D eigenvalue weighted by atomic mass is 9.95. The second kappa shape index (κ2) is 8.28. The van der Waals surface area contributed by atoms with Crippen molar-refractivity contribution in [1.29, 1.82) is 0 Å². The summed E-state index contributed by atoms with van der Waals surface area (Å²) in [6, 6.07) is 11.4. The van der Waals surface area contributed by atoms with Gasteiger partial charge in [-0.2, -0.15) is 10.2 Å². The van der Waals surface area contributed by atoms with Crippen LogP contribution < -0.4 is 0 Å². The Hall–Kier alpha value is -2.64. The van der Waals surface area contributed by atoms with Crippen LogP contribution in [0, 0.1) is 17.0 Å². The molecular weight excluding hydrogens is 310 g/mol. The van der Waals surface area contributed by atoms with E-state index in [1.54, 1.807) is 6.07 Å². The number of aliphatic hydroxyl groups excluding tert-OH is 2. The predicted molar refractivity (Wildman–Crippen MR) is 90.0 cm³/mol. The van der Waals surface area contributed by atoms with Gasteiger partial charge in [0.05, 0.1) is 22.9 Å². The smallest absolute Gasteiger partial charge is 0.269 e. The summed E-state index contributed by atoms with van der Waals surface area (Å²) in [5.41, 5.74) is 3.05. The highest BCUT2D eigenvalue weighted by Crippen LogP contribution is 2.27. The van der Waals surface area contributed by atoms with Gasteiger partial charge in [0.25, 0.3) is 5.69 Å². The zero-order valence-corrected chi connectivity index (χ0v) is 13.3. The molecule has 7 heteroatoms. The largest absolute Gasteiger partial charge is 0.396 e. The third-order valence-corrected chi connectivity index (χ3v) is 3.72. The van der Waals surface area contributed by atoms with Gasteiger partial charge in [-0.1, -0.05) is 12.1 Å². The van der Waals surface area contributed by atoms with Crippen molar-refractivity contribution in [2.75, 3.05) is 13.2 Å². The second-order valence-corrected chi connectivity index (χ2v) is 5.41. The number of nitro groups is 1. The third-order valence-electron chi connectivity index (χ3n) is 3.72. The standard InChI is InChI=1S/C17H19N3O4/c1-12-10-13(14(11-22)8-9-21)2-7-17(12)19-18-15-3-5-16(6-4-15)20(23)24/h2-7,10,14,21-22H,8-9,11H2,1H3. The molecule has 1 unspecified atom stereocenters. The Bertz CT molecular complexity index is 729. The number of aliphatic hydroxyl groups is 2. The Morgan fingerprint density at radius 1 is 1.12 bits per heavy atom. The van der Waals surface area contributed by atoms with E-state index in [0.29, 0.717) is 17.8 Å². The van der Waals surface area contributed by atoms with E-state index >= 15 is 0 Å². The fraction of sp³-hybridized carbons (Fsp3) is 0.294. The lowest BCUT2D eigenvalue weighted by Crippen LogP contribution is -2.06.